The molecule has 0 aliphatic heterocycles. The Labute approximate surface area is 108 Å². The lowest BCUT2D eigenvalue weighted by molar-refractivity contribution is 0.0944. The molecule has 5 nitrogen and oxygen atoms in total. The molecule has 1 unspecified atom stereocenters. The number of hydrogen-bond donors (Lipinski definition) is 2. The standard InChI is InChI=1S/C13H21N3O2/c1-4-10(2)16(3)8-7-15-13(18)11-5-6-14-9-12(11)17/h5-6,9-10,17H,4,7-8H2,1-3H3,(H,15,18). The van der Waals surface area contributed by atoms with Crippen LogP contribution in [0.4, 0.5) is 0 Å². The average Bonchev–Trinajstić information content (AvgIpc) is 2.37. The van der Waals surface area contributed by atoms with Crippen molar-refractivity contribution in [1.29, 1.82) is 0 Å². The topological polar surface area (TPSA) is 65.5 Å². The molecule has 1 aromatic rings. The van der Waals surface area contributed by atoms with E-state index in [4.69, 9.17) is 0 Å². The van der Waals surface area contributed by atoms with Crippen LogP contribution >= 0.6 is 0 Å². The summed E-state index contributed by atoms with van der Waals surface area (Å²) in [4.78, 5) is 17.7. The van der Waals surface area contributed by atoms with Crippen LogP contribution in [0.15, 0.2) is 18.5 Å². The second kappa shape index (κ2) is 6.96. The minimum Gasteiger partial charge on any atom is -0.505 e. The molecule has 0 spiro atoms. The van der Waals surface area contributed by atoms with Gasteiger partial charge in [0.25, 0.3) is 5.91 Å². The summed E-state index contributed by atoms with van der Waals surface area (Å²) >= 11 is 0. The molecule has 0 aliphatic carbocycles. The van der Waals surface area contributed by atoms with Gasteiger partial charge >= 0.3 is 0 Å². The lowest BCUT2D eigenvalue weighted by Gasteiger charge is -2.23. The van der Waals surface area contributed by atoms with Gasteiger partial charge in [0.05, 0.1) is 11.8 Å². The molecular formula is C13H21N3O2. The van der Waals surface area contributed by atoms with Crippen molar-refractivity contribution in [3.63, 3.8) is 0 Å². The Bertz CT molecular complexity index is 396. The van der Waals surface area contributed by atoms with E-state index in [-0.39, 0.29) is 17.2 Å². The number of nitrogens with zero attached hydrogens (tertiary/aromatic N) is 2. The zero-order valence-electron chi connectivity index (χ0n) is 11.2. The van der Waals surface area contributed by atoms with Crippen molar-refractivity contribution in [3.8, 4) is 5.75 Å². The van der Waals surface area contributed by atoms with Crippen LogP contribution in [-0.4, -0.2) is 47.1 Å². The molecule has 0 radical (unpaired) electrons. The van der Waals surface area contributed by atoms with Crippen LogP contribution in [0.3, 0.4) is 0 Å². The first-order valence-corrected chi connectivity index (χ1v) is 6.17. The Balaban J connectivity index is 2.41. The molecule has 18 heavy (non-hydrogen) atoms. The predicted molar refractivity (Wildman–Crippen MR) is 70.6 cm³/mol. The van der Waals surface area contributed by atoms with E-state index in [0.29, 0.717) is 12.6 Å². The second-order valence-corrected chi connectivity index (χ2v) is 4.39. The van der Waals surface area contributed by atoms with Crippen molar-refractivity contribution in [2.75, 3.05) is 20.1 Å². The number of rotatable bonds is 6. The number of pyridine rings is 1. The molecular weight excluding hydrogens is 230 g/mol. The minimum absolute atomic E-state index is 0.0923. The number of likely N-dealkylation sites (N-methyl/N-ethyl adjacent to an activating group) is 1. The van der Waals surface area contributed by atoms with Gasteiger partial charge in [-0.3, -0.25) is 9.78 Å². The molecule has 0 aromatic carbocycles. The van der Waals surface area contributed by atoms with E-state index in [1.165, 1.54) is 18.5 Å². The predicted octanol–water partition coefficient (Wildman–Crippen LogP) is 1.25. The van der Waals surface area contributed by atoms with Gasteiger partial charge in [-0.25, -0.2) is 0 Å². The molecule has 1 heterocycles. The van der Waals surface area contributed by atoms with E-state index in [2.05, 4.69) is 29.0 Å². The maximum atomic E-state index is 11.8. The van der Waals surface area contributed by atoms with E-state index in [0.717, 1.165) is 13.0 Å². The number of carbonyl (C=O) groups excluding carboxylic acids is 1. The molecule has 0 aliphatic rings. The second-order valence-electron chi connectivity index (χ2n) is 4.39. The highest BCUT2D eigenvalue weighted by molar-refractivity contribution is 5.96. The maximum absolute atomic E-state index is 11.8. The third-order valence-electron chi connectivity index (χ3n) is 3.14. The molecule has 0 saturated carbocycles. The normalized spacial score (nSPS) is 12.4. The van der Waals surface area contributed by atoms with Gasteiger partial charge in [0.2, 0.25) is 0 Å². The van der Waals surface area contributed by atoms with Gasteiger partial charge in [-0.1, -0.05) is 6.92 Å². The minimum atomic E-state index is -0.271. The van der Waals surface area contributed by atoms with E-state index in [9.17, 15) is 9.90 Å². The molecule has 2 N–H and O–H groups in total. The highest BCUT2D eigenvalue weighted by Gasteiger charge is 2.11. The lowest BCUT2D eigenvalue weighted by atomic mass is 10.2. The van der Waals surface area contributed by atoms with Crippen LogP contribution < -0.4 is 5.32 Å². The van der Waals surface area contributed by atoms with Gasteiger partial charge in [0.15, 0.2) is 0 Å². The van der Waals surface area contributed by atoms with Crippen molar-refractivity contribution in [3.05, 3.63) is 24.0 Å². The first-order valence-electron chi connectivity index (χ1n) is 6.17. The van der Waals surface area contributed by atoms with Gasteiger partial charge in [0.1, 0.15) is 5.75 Å². The molecule has 0 bridgehead atoms. The summed E-state index contributed by atoms with van der Waals surface area (Å²) in [6.45, 7) is 5.62. The monoisotopic (exact) mass is 251 g/mol. The summed E-state index contributed by atoms with van der Waals surface area (Å²) in [5.41, 5.74) is 0.260. The first kappa shape index (κ1) is 14.4. The number of carbonyl (C=O) groups is 1. The van der Waals surface area contributed by atoms with E-state index >= 15 is 0 Å². The quantitative estimate of drug-likeness (QED) is 0.798. The molecule has 1 rings (SSSR count). The van der Waals surface area contributed by atoms with E-state index < -0.39 is 0 Å². The van der Waals surface area contributed by atoms with Gasteiger partial charge in [-0.2, -0.15) is 0 Å². The SMILES string of the molecule is CCC(C)N(C)CCNC(=O)c1ccncc1O. The van der Waals surface area contributed by atoms with Crippen LogP contribution in [0.1, 0.15) is 30.6 Å². The molecule has 5 heteroatoms. The van der Waals surface area contributed by atoms with Crippen molar-refractivity contribution in [2.24, 2.45) is 0 Å². The number of hydrogen-bond acceptors (Lipinski definition) is 4. The fraction of sp³-hybridized carbons (Fsp3) is 0.538. The third-order valence-corrected chi connectivity index (χ3v) is 3.14. The van der Waals surface area contributed by atoms with Gasteiger partial charge in [-0.15, -0.1) is 0 Å². The zero-order valence-corrected chi connectivity index (χ0v) is 11.2. The summed E-state index contributed by atoms with van der Waals surface area (Å²) in [5, 5.41) is 12.3. The van der Waals surface area contributed by atoms with Gasteiger partial charge in [0, 0.05) is 25.3 Å². The summed E-state index contributed by atoms with van der Waals surface area (Å²) in [5.74, 6) is -0.363. The van der Waals surface area contributed by atoms with Gasteiger partial charge in [-0.05, 0) is 26.5 Å². The molecule has 0 saturated heterocycles. The lowest BCUT2D eigenvalue weighted by Crippen LogP contribution is -2.37. The Morgan fingerprint density at radius 2 is 2.33 bits per heavy atom. The first-order chi connectivity index (χ1) is 8.56. The fourth-order valence-corrected chi connectivity index (χ4v) is 1.55. The van der Waals surface area contributed by atoms with Crippen molar-refractivity contribution in [2.45, 2.75) is 26.3 Å². The fourth-order valence-electron chi connectivity index (χ4n) is 1.55. The molecule has 100 valence electrons. The van der Waals surface area contributed by atoms with Crippen molar-refractivity contribution < 1.29 is 9.90 Å². The average molecular weight is 251 g/mol. The Morgan fingerprint density at radius 3 is 2.94 bits per heavy atom. The van der Waals surface area contributed by atoms with Crippen LogP contribution in [-0.2, 0) is 0 Å². The molecule has 1 aromatic heterocycles. The number of aromatic hydroxyl groups is 1. The molecule has 1 atom stereocenters. The number of amides is 1. The van der Waals surface area contributed by atoms with Crippen molar-refractivity contribution >= 4 is 5.91 Å². The largest absolute Gasteiger partial charge is 0.505 e. The van der Waals surface area contributed by atoms with E-state index in [1.54, 1.807) is 0 Å². The highest BCUT2D eigenvalue weighted by Crippen LogP contribution is 2.13. The van der Waals surface area contributed by atoms with Crippen LogP contribution in [0.5, 0.6) is 5.75 Å². The molecule has 0 fully saturated rings. The smallest absolute Gasteiger partial charge is 0.255 e. The number of aromatic nitrogens is 1. The zero-order chi connectivity index (χ0) is 13.5. The van der Waals surface area contributed by atoms with E-state index in [1.807, 2.05) is 7.05 Å². The maximum Gasteiger partial charge on any atom is 0.255 e. The van der Waals surface area contributed by atoms with Crippen LogP contribution in [0.2, 0.25) is 0 Å². The summed E-state index contributed by atoms with van der Waals surface area (Å²) in [6.07, 6.45) is 3.83. The number of nitrogens with one attached hydrogen (secondary N) is 1. The third kappa shape index (κ3) is 4.00. The summed E-state index contributed by atoms with van der Waals surface area (Å²) in [6, 6.07) is 2.00. The Morgan fingerprint density at radius 1 is 1.61 bits per heavy atom. The van der Waals surface area contributed by atoms with Crippen LogP contribution in [0.25, 0.3) is 0 Å². The Kier molecular flexibility index (Phi) is 5.58. The summed E-state index contributed by atoms with van der Waals surface area (Å²) in [7, 11) is 2.03. The van der Waals surface area contributed by atoms with Crippen molar-refractivity contribution in [1.82, 2.24) is 15.2 Å². The Hall–Kier alpha value is -1.62. The van der Waals surface area contributed by atoms with Crippen LogP contribution in [0, 0.1) is 0 Å². The molecule has 1 amide bonds. The van der Waals surface area contributed by atoms with Gasteiger partial charge < -0.3 is 15.3 Å². The highest BCUT2D eigenvalue weighted by atomic mass is 16.3. The summed E-state index contributed by atoms with van der Waals surface area (Å²) < 4.78 is 0.